The molecule has 0 radical (unpaired) electrons. The van der Waals surface area contributed by atoms with Crippen molar-refractivity contribution in [3.8, 4) is 0 Å². The van der Waals surface area contributed by atoms with Crippen LogP contribution in [0, 0.1) is 0 Å². The molecule has 0 unspecified atom stereocenters. The maximum atomic E-state index is 12.5. The van der Waals surface area contributed by atoms with Crippen LogP contribution in [-0.2, 0) is 13.9 Å². The Balaban J connectivity index is 3.95. The number of carbonyl (C=O) groups is 1. The molecule has 0 saturated carbocycles. The minimum absolute atomic E-state index is 0.193. The lowest BCUT2D eigenvalue weighted by Gasteiger charge is -2.24. The van der Waals surface area contributed by atoms with Crippen LogP contribution in [0.25, 0.3) is 0 Å². The first-order chi connectivity index (χ1) is 20.3. The molecule has 4 N–H and O–H groups in total. The molecule has 0 aromatic rings. The highest BCUT2D eigenvalue weighted by Crippen LogP contribution is 2.36. The topological polar surface area (TPSA) is 116 Å². The number of carbonyl (C=O) groups excluding carboxylic acids is 1. The van der Waals surface area contributed by atoms with Crippen molar-refractivity contribution in [1.29, 1.82) is 0 Å². The van der Waals surface area contributed by atoms with Crippen LogP contribution in [0.15, 0.2) is 0 Å². The zero-order valence-corrected chi connectivity index (χ0v) is 28.6. The van der Waals surface area contributed by atoms with Crippen molar-refractivity contribution in [2.75, 3.05) is 6.61 Å². The van der Waals surface area contributed by atoms with Gasteiger partial charge in [0.05, 0.1) is 18.8 Å². The van der Waals surface area contributed by atoms with Gasteiger partial charge in [-0.15, -0.1) is 0 Å². The van der Waals surface area contributed by atoms with E-state index >= 15 is 0 Å². The van der Waals surface area contributed by atoms with E-state index in [1.807, 2.05) is 0 Å². The molecule has 7 nitrogen and oxygen atoms in total. The first kappa shape index (κ1) is 41.5. The van der Waals surface area contributed by atoms with Crippen molar-refractivity contribution in [2.45, 2.75) is 206 Å². The fourth-order valence-electron chi connectivity index (χ4n) is 5.58. The van der Waals surface area contributed by atoms with E-state index in [0.717, 1.165) is 38.5 Å². The Morgan fingerprint density at radius 1 is 0.595 bits per heavy atom. The van der Waals surface area contributed by atoms with E-state index in [9.17, 15) is 14.5 Å². The van der Waals surface area contributed by atoms with Crippen LogP contribution in [0.3, 0.4) is 0 Å². The third kappa shape index (κ3) is 31.0. The summed E-state index contributed by atoms with van der Waals surface area (Å²) in [6, 6.07) is -0.815. The number of aliphatic hydroxyl groups is 1. The molecule has 0 spiro atoms. The van der Waals surface area contributed by atoms with Gasteiger partial charge in [0.25, 0.3) is 0 Å². The zero-order chi connectivity index (χ0) is 31.2. The van der Waals surface area contributed by atoms with E-state index in [2.05, 4.69) is 23.7 Å². The summed E-state index contributed by atoms with van der Waals surface area (Å²) in [7, 11) is -4.68. The molecule has 8 heteroatoms. The van der Waals surface area contributed by atoms with E-state index in [4.69, 9.17) is 9.79 Å². The molecule has 0 bridgehead atoms. The molecule has 0 aliphatic carbocycles. The number of nitrogens with one attached hydrogen (secondary N) is 1. The fourth-order valence-corrected chi connectivity index (χ4v) is 5.94. The lowest BCUT2D eigenvalue weighted by molar-refractivity contribution is -0.123. The second-order valence-corrected chi connectivity index (χ2v) is 13.8. The average Bonchev–Trinajstić information content (AvgIpc) is 2.95. The first-order valence-electron chi connectivity index (χ1n) is 18.0. The van der Waals surface area contributed by atoms with E-state index in [1.54, 1.807) is 0 Å². The lowest BCUT2D eigenvalue weighted by atomic mass is 10.0. The number of aliphatic hydroxyl groups excluding tert-OH is 1. The Labute approximate surface area is 260 Å². The monoisotopic (exact) mass is 619 g/mol. The Kier molecular flexibility index (Phi) is 30.2. The summed E-state index contributed by atoms with van der Waals surface area (Å²) in [6.07, 6.45) is 32.2. The van der Waals surface area contributed by atoms with Gasteiger partial charge in [-0.25, -0.2) is 4.57 Å². The van der Waals surface area contributed by atoms with Crippen molar-refractivity contribution in [2.24, 2.45) is 0 Å². The van der Waals surface area contributed by atoms with E-state index in [1.165, 1.54) is 128 Å². The standard InChI is InChI=1S/C34H70NO6P/c1-3-5-7-9-11-13-15-16-17-18-20-22-24-26-28-30-34(37)35-32(31-41-42(38,39)40)33(36)29-27-25-23-21-19-14-12-10-8-6-4-2/h32-33,36H,3-31H2,1-2H3,(H,35,37)(H2,38,39,40)/t32-,33+/m0/s1. The Morgan fingerprint density at radius 2 is 0.929 bits per heavy atom. The second kappa shape index (κ2) is 30.6. The summed E-state index contributed by atoms with van der Waals surface area (Å²) in [5.74, 6) is -0.193. The molecule has 0 saturated heterocycles. The molecule has 0 aliphatic rings. The van der Waals surface area contributed by atoms with Gasteiger partial charge in [0.1, 0.15) is 0 Å². The van der Waals surface area contributed by atoms with Crippen LogP contribution in [0.1, 0.15) is 194 Å². The third-order valence-corrected chi connectivity index (χ3v) is 8.83. The third-order valence-electron chi connectivity index (χ3n) is 8.34. The minimum Gasteiger partial charge on any atom is -0.391 e. The smallest absolute Gasteiger partial charge is 0.391 e. The number of amides is 1. The van der Waals surface area contributed by atoms with Gasteiger partial charge in [0.2, 0.25) is 5.91 Å². The number of phosphoric ester groups is 1. The molecule has 0 heterocycles. The first-order valence-corrected chi connectivity index (χ1v) is 19.5. The van der Waals surface area contributed by atoms with Gasteiger partial charge in [-0.3, -0.25) is 9.32 Å². The molecular formula is C34H70NO6P. The van der Waals surface area contributed by atoms with Crippen LogP contribution < -0.4 is 5.32 Å². The van der Waals surface area contributed by atoms with Crippen LogP contribution in [-0.4, -0.2) is 39.6 Å². The summed E-state index contributed by atoms with van der Waals surface area (Å²) in [5.41, 5.74) is 0. The van der Waals surface area contributed by atoms with Crippen LogP contribution in [0.4, 0.5) is 0 Å². The van der Waals surface area contributed by atoms with Gasteiger partial charge in [-0.05, 0) is 12.8 Å². The van der Waals surface area contributed by atoms with Crippen LogP contribution in [0.2, 0.25) is 0 Å². The number of hydrogen-bond donors (Lipinski definition) is 4. The minimum atomic E-state index is -4.68. The molecule has 0 fully saturated rings. The predicted octanol–water partition coefficient (Wildman–Crippen LogP) is 9.90. The average molecular weight is 620 g/mol. The summed E-state index contributed by atoms with van der Waals surface area (Å²) < 4.78 is 15.9. The van der Waals surface area contributed by atoms with Gasteiger partial charge in [-0.2, -0.15) is 0 Å². The van der Waals surface area contributed by atoms with E-state index < -0.39 is 26.6 Å². The van der Waals surface area contributed by atoms with Crippen molar-refractivity contribution in [3.05, 3.63) is 0 Å². The molecule has 1 amide bonds. The van der Waals surface area contributed by atoms with E-state index in [-0.39, 0.29) is 5.91 Å². The van der Waals surface area contributed by atoms with Gasteiger partial charge >= 0.3 is 7.82 Å². The highest BCUT2D eigenvalue weighted by atomic mass is 31.2. The number of rotatable bonds is 33. The molecule has 0 aromatic heterocycles. The molecule has 0 rings (SSSR count). The van der Waals surface area contributed by atoms with Crippen molar-refractivity contribution < 1.29 is 28.8 Å². The Hall–Kier alpha value is -0.460. The summed E-state index contributed by atoms with van der Waals surface area (Å²) in [5, 5.41) is 13.4. The van der Waals surface area contributed by atoms with Gasteiger partial charge < -0.3 is 20.2 Å². The largest absolute Gasteiger partial charge is 0.469 e. The molecule has 252 valence electrons. The van der Waals surface area contributed by atoms with Crippen molar-refractivity contribution in [3.63, 3.8) is 0 Å². The Bertz CT molecular complexity index is 629. The lowest BCUT2D eigenvalue weighted by Crippen LogP contribution is -2.46. The fraction of sp³-hybridized carbons (Fsp3) is 0.971. The summed E-state index contributed by atoms with van der Waals surface area (Å²) in [4.78, 5) is 30.7. The van der Waals surface area contributed by atoms with Crippen LogP contribution >= 0.6 is 7.82 Å². The van der Waals surface area contributed by atoms with Crippen LogP contribution in [0.5, 0.6) is 0 Å². The molecule has 42 heavy (non-hydrogen) atoms. The van der Waals surface area contributed by atoms with Gasteiger partial charge in [-0.1, -0.05) is 174 Å². The predicted molar refractivity (Wildman–Crippen MR) is 177 cm³/mol. The summed E-state index contributed by atoms with van der Waals surface area (Å²) in [6.45, 7) is 4.10. The highest BCUT2D eigenvalue weighted by molar-refractivity contribution is 7.46. The molecule has 0 aliphatic heterocycles. The maximum absolute atomic E-state index is 12.5. The maximum Gasteiger partial charge on any atom is 0.469 e. The highest BCUT2D eigenvalue weighted by Gasteiger charge is 2.25. The SMILES string of the molecule is CCCCCCCCCCCCCCCCCC(=O)N[C@@H](COP(=O)(O)O)[C@H](O)CCCCCCCCCCCCC. The summed E-state index contributed by atoms with van der Waals surface area (Å²) >= 11 is 0. The number of unbranched alkanes of at least 4 members (excludes halogenated alkanes) is 24. The number of hydrogen-bond acceptors (Lipinski definition) is 4. The Morgan fingerprint density at radius 3 is 1.29 bits per heavy atom. The molecular weight excluding hydrogens is 549 g/mol. The van der Waals surface area contributed by atoms with E-state index in [0.29, 0.717) is 12.8 Å². The number of phosphoric acid groups is 1. The normalized spacial score (nSPS) is 13.4. The van der Waals surface area contributed by atoms with Gasteiger partial charge in [0, 0.05) is 6.42 Å². The van der Waals surface area contributed by atoms with Gasteiger partial charge in [0.15, 0.2) is 0 Å². The quantitative estimate of drug-likeness (QED) is 0.0429. The zero-order valence-electron chi connectivity index (χ0n) is 27.7. The molecule has 2 atom stereocenters. The second-order valence-electron chi connectivity index (χ2n) is 12.6. The van der Waals surface area contributed by atoms with Crippen molar-refractivity contribution in [1.82, 2.24) is 5.32 Å². The molecule has 0 aromatic carbocycles. The van der Waals surface area contributed by atoms with Crippen molar-refractivity contribution >= 4 is 13.7 Å².